The molecule has 11 atom stereocenters. The van der Waals surface area contributed by atoms with Gasteiger partial charge in [-0.2, -0.15) is 0 Å². The molecule has 0 aromatic rings. The molecule has 7 nitrogen and oxygen atoms in total. The first-order chi connectivity index (χ1) is 16.8. The van der Waals surface area contributed by atoms with Crippen molar-refractivity contribution in [2.24, 2.45) is 22.7 Å². The Kier molecular flexibility index (Phi) is 5.15. The molecule has 1 spiro atoms. The van der Waals surface area contributed by atoms with Gasteiger partial charge in [0.15, 0.2) is 12.1 Å². The summed E-state index contributed by atoms with van der Waals surface area (Å²) >= 11 is 0. The lowest BCUT2D eigenvalue weighted by Crippen LogP contribution is -2.50. The van der Waals surface area contributed by atoms with Crippen molar-refractivity contribution in [3.63, 3.8) is 0 Å². The summed E-state index contributed by atoms with van der Waals surface area (Å²) in [6.45, 7) is 7.86. The molecule has 0 amide bonds. The number of aliphatic hydroxyl groups is 1. The quantitative estimate of drug-likeness (QED) is 0.605. The zero-order valence-corrected chi connectivity index (χ0v) is 21.5. The minimum Gasteiger partial charge on any atom is -0.491 e. The van der Waals surface area contributed by atoms with E-state index in [1.807, 2.05) is 6.92 Å². The van der Waals surface area contributed by atoms with Crippen LogP contribution in [0.1, 0.15) is 65.7 Å². The fourth-order valence-corrected chi connectivity index (χ4v) is 8.92. The van der Waals surface area contributed by atoms with Crippen molar-refractivity contribution < 1.29 is 33.5 Å². The lowest BCUT2D eigenvalue weighted by molar-refractivity contribution is -0.265. The van der Waals surface area contributed by atoms with Crippen molar-refractivity contribution in [2.45, 2.75) is 108 Å². The van der Waals surface area contributed by atoms with Crippen LogP contribution in [0.15, 0.2) is 23.0 Å². The molecule has 0 aromatic heterocycles. The molecule has 1 N–H and O–H groups in total. The van der Waals surface area contributed by atoms with E-state index in [4.69, 9.17) is 28.4 Å². The first-order valence-electron chi connectivity index (χ1n) is 13.7. The summed E-state index contributed by atoms with van der Waals surface area (Å²) in [6, 6.07) is 0. The molecule has 1 saturated carbocycles. The van der Waals surface area contributed by atoms with Gasteiger partial charge in [-0.3, -0.25) is 0 Å². The summed E-state index contributed by atoms with van der Waals surface area (Å²) in [5.74, 6) is 1.65. The van der Waals surface area contributed by atoms with E-state index >= 15 is 0 Å². The molecule has 35 heavy (non-hydrogen) atoms. The van der Waals surface area contributed by atoms with Crippen molar-refractivity contribution in [1.29, 1.82) is 0 Å². The van der Waals surface area contributed by atoms with Gasteiger partial charge in [0.1, 0.15) is 18.0 Å². The number of rotatable bonds is 3. The van der Waals surface area contributed by atoms with Crippen molar-refractivity contribution in [3.8, 4) is 0 Å². The fourth-order valence-electron chi connectivity index (χ4n) is 8.92. The van der Waals surface area contributed by atoms with Crippen LogP contribution in [0, 0.1) is 22.7 Å². The number of ether oxygens (including phenoxy) is 6. The van der Waals surface area contributed by atoms with Crippen molar-refractivity contribution in [2.75, 3.05) is 20.3 Å². The smallest absolute Gasteiger partial charge is 0.173 e. The summed E-state index contributed by atoms with van der Waals surface area (Å²) in [6.07, 6.45) is 8.26. The highest BCUT2D eigenvalue weighted by atomic mass is 16.7. The minimum absolute atomic E-state index is 0.0151. The average Bonchev–Trinajstić information content (AvgIpc) is 3.46. The van der Waals surface area contributed by atoms with Gasteiger partial charge >= 0.3 is 0 Å². The Bertz CT molecular complexity index is 961. The molecule has 0 unspecified atom stereocenters. The topological polar surface area (TPSA) is 75.6 Å². The second-order valence-corrected chi connectivity index (χ2v) is 12.5. The molecule has 0 radical (unpaired) electrons. The zero-order chi connectivity index (χ0) is 24.2. The van der Waals surface area contributed by atoms with Gasteiger partial charge in [-0.05, 0) is 69.3 Å². The highest BCUT2D eigenvalue weighted by molar-refractivity contribution is 5.40. The van der Waals surface area contributed by atoms with Gasteiger partial charge in [-0.15, -0.1) is 0 Å². The second-order valence-electron chi connectivity index (χ2n) is 12.5. The van der Waals surface area contributed by atoms with Crippen LogP contribution in [0.2, 0.25) is 0 Å². The third-order valence-electron chi connectivity index (χ3n) is 10.8. The van der Waals surface area contributed by atoms with Crippen LogP contribution in [0.25, 0.3) is 0 Å². The molecular weight excluding hydrogens is 448 g/mol. The van der Waals surface area contributed by atoms with Crippen molar-refractivity contribution in [3.05, 3.63) is 23.0 Å². The van der Waals surface area contributed by atoms with Crippen LogP contribution >= 0.6 is 0 Å². The van der Waals surface area contributed by atoms with E-state index in [1.165, 1.54) is 17.8 Å². The molecule has 4 aliphatic heterocycles. The number of aliphatic hydroxyl groups excluding tert-OH is 1. The third kappa shape index (κ3) is 3.12. The summed E-state index contributed by atoms with van der Waals surface area (Å²) in [4.78, 5) is 0. The standard InChI is InChI=1S/C28H40O7/c1-15-23(29)20(30-4)12-22(33-15)34-17-7-9-26(2)16(11-17)5-6-18-19(26)8-10-28-14-32-27(3)24(28)21(13-31-27)35-25(18)28/h5,15,17,19-24,29H,6-14H2,1-4H3/t15-,17+,19+,20+,21-,22+,23-,24-,26+,27-,28+/m1/s1. The molecular formula is C28H40O7. The minimum atomic E-state index is -0.608. The third-order valence-corrected chi connectivity index (χ3v) is 10.8. The maximum Gasteiger partial charge on any atom is 0.173 e. The van der Waals surface area contributed by atoms with Crippen molar-refractivity contribution in [1.82, 2.24) is 0 Å². The summed E-state index contributed by atoms with van der Waals surface area (Å²) in [5, 5.41) is 10.3. The van der Waals surface area contributed by atoms with Crippen LogP contribution in [0.5, 0.6) is 0 Å². The molecule has 5 fully saturated rings. The Balaban J connectivity index is 1.11. The summed E-state index contributed by atoms with van der Waals surface area (Å²) in [5.41, 5.74) is 3.25. The lowest BCUT2D eigenvalue weighted by atomic mass is 9.52. The molecule has 4 saturated heterocycles. The van der Waals surface area contributed by atoms with Gasteiger partial charge in [-0.25, -0.2) is 0 Å². The van der Waals surface area contributed by atoms with E-state index in [1.54, 1.807) is 12.7 Å². The monoisotopic (exact) mass is 488 g/mol. The molecule has 4 heterocycles. The highest BCUT2D eigenvalue weighted by Gasteiger charge is 2.72. The first kappa shape index (κ1) is 23.2. The highest BCUT2D eigenvalue weighted by Crippen LogP contribution is 2.68. The Hall–Kier alpha value is -0.960. The predicted octanol–water partition coefficient (Wildman–Crippen LogP) is 3.84. The van der Waals surface area contributed by atoms with Gasteiger partial charge in [-0.1, -0.05) is 18.6 Å². The Morgan fingerprint density at radius 3 is 2.83 bits per heavy atom. The van der Waals surface area contributed by atoms with Gasteiger partial charge in [0, 0.05) is 13.5 Å². The Morgan fingerprint density at radius 1 is 1.14 bits per heavy atom. The number of allylic oxidation sites excluding steroid dienone is 2. The molecule has 0 bridgehead atoms. The molecule has 7 rings (SSSR count). The second kappa shape index (κ2) is 7.78. The first-order valence-corrected chi connectivity index (χ1v) is 13.7. The van der Waals surface area contributed by atoms with Crippen LogP contribution in [0.4, 0.5) is 0 Å². The van der Waals surface area contributed by atoms with Crippen molar-refractivity contribution >= 4 is 0 Å². The van der Waals surface area contributed by atoms with Gasteiger partial charge in [0.25, 0.3) is 0 Å². The summed E-state index contributed by atoms with van der Waals surface area (Å²) in [7, 11) is 1.65. The number of hydrogen-bond donors (Lipinski definition) is 1. The number of methoxy groups -OCH3 is 1. The maximum atomic E-state index is 10.3. The predicted molar refractivity (Wildman–Crippen MR) is 126 cm³/mol. The largest absolute Gasteiger partial charge is 0.491 e. The normalized spacial score (nSPS) is 54.5. The van der Waals surface area contributed by atoms with Crippen LogP contribution in [0.3, 0.4) is 0 Å². The number of fused-ring (bicyclic) bond motifs is 3. The van der Waals surface area contributed by atoms with Gasteiger partial charge in [0.05, 0.1) is 42.9 Å². The van der Waals surface area contributed by atoms with E-state index in [0.29, 0.717) is 24.9 Å². The summed E-state index contributed by atoms with van der Waals surface area (Å²) < 4.78 is 37.0. The van der Waals surface area contributed by atoms with Gasteiger partial charge < -0.3 is 33.5 Å². The maximum absolute atomic E-state index is 10.3. The molecule has 7 heteroatoms. The van der Waals surface area contributed by atoms with Crippen LogP contribution < -0.4 is 0 Å². The molecule has 194 valence electrons. The van der Waals surface area contributed by atoms with E-state index in [9.17, 15) is 5.11 Å². The van der Waals surface area contributed by atoms with E-state index in [2.05, 4.69) is 19.9 Å². The van der Waals surface area contributed by atoms with Gasteiger partial charge in [0.2, 0.25) is 0 Å². The van der Waals surface area contributed by atoms with Crippen LogP contribution in [-0.4, -0.2) is 68.0 Å². The van der Waals surface area contributed by atoms with E-state index < -0.39 is 11.9 Å². The van der Waals surface area contributed by atoms with E-state index in [0.717, 1.165) is 38.7 Å². The lowest BCUT2D eigenvalue weighted by Gasteiger charge is -2.52. The fraction of sp³-hybridized carbons (Fsp3) is 0.857. The Morgan fingerprint density at radius 2 is 2.00 bits per heavy atom. The number of hydrogen-bond acceptors (Lipinski definition) is 7. The Labute approximate surface area is 208 Å². The van der Waals surface area contributed by atoms with Crippen LogP contribution in [-0.2, 0) is 28.4 Å². The molecule has 0 aromatic carbocycles. The molecule has 7 aliphatic rings. The molecule has 3 aliphatic carbocycles. The van der Waals surface area contributed by atoms with E-state index in [-0.39, 0.29) is 41.5 Å². The zero-order valence-electron chi connectivity index (χ0n) is 21.5. The SMILES string of the molecule is CO[C@H]1C[C@H](O[C@H]2CC[C@@]3(C)C(=CCC4=C5O[C@@H]6CO[C@]7(C)OC[C@@]5(CC[C@@H]43)[C@H]67)C2)O[C@H](C)[C@H]1O. The average molecular weight is 489 g/mol.